The largest absolute Gasteiger partial charge is 0.399 e. The lowest BCUT2D eigenvalue weighted by molar-refractivity contribution is -0.118. The molecule has 0 fully saturated rings. The summed E-state index contributed by atoms with van der Waals surface area (Å²) in [6, 6.07) is 11.4. The van der Waals surface area contributed by atoms with E-state index in [0.29, 0.717) is 19.4 Å². The number of rotatable bonds is 5. The molecule has 0 aliphatic rings. The van der Waals surface area contributed by atoms with Gasteiger partial charge in [0.05, 0.1) is 0 Å². The van der Waals surface area contributed by atoms with E-state index >= 15 is 0 Å². The second kappa shape index (κ2) is 6.70. The Balaban J connectivity index is 2.00. The highest BCUT2D eigenvalue weighted by Crippen LogP contribution is 2.15. The lowest BCUT2D eigenvalue weighted by atomic mass is 10.1. The summed E-state index contributed by atoms with van der Waals surface area (Å²) in [5, 5.41) is 0. The van der Waals surface area contributed by atoms with Crippen molar-refractivity contribution in [3.05, 3.63) is 54.4 Å². The number of carbonyl (C=O) groups excluding carboxylic acids is 1. The number of amides is 1. The topological polar surface area (TPSA) is 59.2 Å². The number of aromatic nitrogens is 1. The van der Waals surface area contributed by atoms with Crippen LogP contribution in [-0.4, -0.2) is 17.4 Å². The average Bonchev–Trinajstić information content (AvgIpc) is 2.47. The molecule has 0 spiro atoms. The minimum absolute atomic E-state index is 0.112. The van der Waals surface area contributed by atoms with Gasteiger partial charge in [-0.1, -0.05) is 12.1 Å². The van der Waals surface area contributed by atoms with E-state index in [2.05, 4.69) is 4.98 Å². The van der Waals surface area contributed by atoms with Gasteiger partial charge in [-0.25, -0.2) is 0 Å². The highest BCUT2D eigenvalue weighted by molar-refractivity contribution is 5.93. The second-order valence-electron chi connectivity index (χ2n) is 4.59. The Kier molecular flexibility index (Phi) is 4.71. The Hall–Kier alpha value is -2.36. The van der Waals surface area contributed by atoms with Gasteiger partial charge >= 0.3 is 0 Å². The molecule has 4 heteroatoms. The lowest BCUT2D eigenvalue weighted by Crippen LogP contribution is -2.30. The number of hydrogen-bond acceptors (Lipinski definition) is 3. The van der Waals surface area contributed by atoms with Crippen LogP contribution in [0.15, 0.2) is 48.8 Å². The van der Waals surface area contributed by atoms with Crippen LogP contribution in [0.4, 0.5) is 11.4 Å². The van der Waals surface area contributed by atoms with E-state index in [-0.39, 0.29) is 5.91 Å². The summed E-state index contributed by atoms with van der Waals surface area (Å²) < 4.78 is 0. The van der Waals surface area contributed by atoms with Gasteiger partial charge in [0.2, 0.25) is 5.91 Å². The van der Waals surface area contributed by atoms with E-state index in [9.17, 15) is 4.79 Å². The molecule has 20 heavy (non-hydrogen) atoms. The van der Waals surface area contributed by atoms with Crippen LogP contribution < -0.4 is 10.6 Å². The van der Waals surface area contributed by atoms with Gasteiger partial charge < -0.3 is 10.6 Å². The van der Waals surface area contributed by atoms with E-state index in [1.807, 2.05) is 43.3 Å². The van der Waals surface area contributed by atoms with Crippen LogP contribution in [0.5, 0.6) is 0 Å². The Morgan fingerprint density at radius 1 is 1.25 bits per heavy atom. The van der Waals surface area contributed by atoms with E-state index in [4.69, 9.17) is 5.73 Å². The number of nitrogens with two attached hydrogens (primary N) is 1. The third-order valence-corrected chi connectivity index (χ3v) is 3.17. The maximum Gasteiger partial charge on any atom is 0.227 e. The van der Waals surface area contributed by atoms with Crippen LogP contribution >= 0.6 is 0 Å². The normalized spacial score (nSPS) is 10.2. The molecular formula is C16H19N3O. The molecule has 104 valence electrons. The summed E-state index contributed by atoms with van der Waals surface area (Å²) >= 11 is 0. The van der Waals surface area contributed by atoms with Crippen molar-refractivity contribution in [3.8, 4) is 0 Å². The Labute approximate surface area is 119 Å². The van der Waals surface area contributed by atoms with Crippen LogP contribution in [0.25, 0.3) is 0 Å². The molecule has 1 aromatic heterocycles. The molecule has 0 bridgehead atoms. The molecule has 0 saturated carbocycles. The molecule has 0 radical (unpaired) electrons. The van der Waals surface area contributed by atoms with Crippen molar-refractivity contribution in [1.82, 2.24) is 4.98 Å². The molecule has 0 atom stereocenters. The van der Waals surface area contributed by atoms with Gasteiger partial charge in [0.25, 0.3) is 0 Å². The number of nitrogens with zero attached hydrogens (tertiary/aromatic N) is 2. The zero-order valence-electron chi connectivity index (χ0n) is 11.6. The maximum absolute atomic E-state index is 12.3. The molecule has 2 rings (SSSR count). The first-order chi connectivity index (χ1) is 9.70. The van der Waals surface area contributed by atoms with Crippen LogP contribution in [0, 0.1) is 0 Å². The van der Waals surface area contributed by atoms with Gasteiger partial charge in [-0.05, 0) is 43.2 Å². The summed E-state index contributed by atoms with van der Waals surface area (Å²) in [6.45, 7) is 2.62. The van der Waals surface area contributed by atoms with Gasteiger partial charge in [0, 0.05) is 36.7 Å². The number of aryl methyl sites for hydroxylation is 1. The van der Waals surface area contributed by atoms with Crippen molar-refractivity contribution in [2.75, 3.05) is 17.2 Å². The Bertz CT molecular complexity index is 569. The zero-order chi connectivity index (χ0) is 14.4. The fourth-order valence-electron chi connectivity index (χ4n) is 2.16. The van der Waals surface area contributed by atoms with Crippen LogP contribution in [0.2, 0.25) is 0 Å². The molecular weight excluding hydrogens is 250 g/mol. The Morgan fingerprint density at radius 2 is 2.00 bits per heavy atom. The quantitative estimate of drug-likeness (QED) is 0.849. The van der Waals surface area contributed by atoms with Crippen LogP contribution in [-0.2, 0) is 11.2 Å². The number of carbonyl (C=O) groups is 1. The van der Waals surface area contributed by atoms with Crippen LogP contribution in [0.1, 0.15) is 18.9 Å². The fourth-order valence-corrected chi connectivity index (χ4v) is 2.16. The second-order valence-corrected chi connectivity index (χ2v) is 4.59. The van der Waals surface area contributed by atoms with Crippen molar-refractivity contribution < 1.29 is 4.79 Å². The van der Waals surface area contributed by atoms with Crippen LogP contribution in [0.3, 0.4) is 0 Å². The molecule has 1 aromatic carbocycles. The van der Waals surface area contributed by atoms with E-state index in [0.717, 1.165) is 16.9 Å². The predicted octanol–water partition coefficient (Wildman–Crippen LogP) is 2.65. The minimum atomic E-state index is 0.112. The highest BCUT2D eigenvalue weighted by Gasteiger charge is 2.13. The van der Waals surface area contributed by atoms with E-state index in [1.165, 1.54) is 0 Å². The molecule has 0 unspecified atom stereocenters. The number of nitrogen functional groups attached to an aromatic ring is 1. The molecule has 1 heterocycles. The van der Waals surface area contributed by atoms with Gasteiger partial charge in [0.15, 0.2) is 0 Å². The number of pyridine rings is 1. The van der Waals surface area contributed by atoms with Gasteiger partial charge in [-0.3, -0.25) is 9.78 Å². The van der Waals surface area contributed by atoms with E-state index in [1.54, 1.807) is 17.3 Å². The van der Waals surface area contributed by atoms with Crippen molar-refractivity contribution >= 4 is 17.3 Å². The summed E-state index contributed by atoms with van der Waals surface area (Å²) in [5.74, 6) is 0.112. The molecule has 1 amide bonds. The fraction of sp³-hybridized carbons (Fsp3) is 0.250. The van der Waals surface area contributed by atoms with Gasteiger partial charge in [-0.15, -0.1) is 0 Å². The number of hydrogen-bond donors (Lipinski definition) is 1. The average molecular weight is 269 g/mol. The molecule has 4 nitrogen and oxygen atoms in total. The summed E-state index contributed by atoms with van der Waals surface area (Å²) in [7, 11) is 0. The first-order valence-corrected chi connectivity index (χ1v) is 6.75. The SMILES string of the molecule is CCN(C(=O)CCc1cccc(N)c1)c1ccncc1. The predicted molar refractivity (Wildman–Crippen MR) is 81.4 cm³/mol. The first kappa shape index (κ1) is 14.1. The van der Waals surface area contributed by atoms with Gasteiger partial charge in [-0.2, -0.15) is 0 Å². The summed E-state index contributed by atoms with van der Waals surface area (Å²) in [4.78, 5) is 18.1. The van der Waals surface area contributed by atoms with Gasteiger partial charge in [0.1, 0.15) is 0 Å². The van der Waals surface area contributed by atoms with Crippen molar-refractivity contribution in [1.29, 1.82) is 0 Å². The minimum Gasteiger partial charge on any atom is -0.399 e. The Morgan fingerprint density at radius 3 is 2.65 bits per heavy atom. The summed E-state index contributed by atoms with van der Waals surface area (Å²) in [5.41, 5.74) is 8.45. The van der Waals surface area contributed by atoms with Crippen molar-refractivity contribution in [3.63, 3.8) is 0 Å². The summed E-state index contributed by atoms with van der Waals surface area (Å²) in [6.07, 6.45) is 4.57. The third kappa shape index (κ3) is 3.57. The monoisotopic (exact) mass is 269 g/mol. The van der Waals surface area contributed by atoms with Crippen molar-refractivity contribution in [2.24, 2.45) is 0 Å². The number of anilines is 2. The first-order valence-electron chi connectivity index (χ1n) is 6.75. The maximum atomic E-state index is 12.3. The molecule has 2 N–H and O–H groups in total. The zero-order valence-corrected chi connectivity index (χ0v) is 11.6. The molecule has 2 aromatic rings. The van der Waals surface area contributed by atoms with E-state index < -0.39 is 0 Å². The smallest absolute Gasteiger partial charge is 0.227 e. The lowest BCUT2D eigenvalue weighted by Gasteiger charge is -2.20. The third-order valence-electron chi connectivity index (χ3n) is 3.17. The standard InChI is InChI=1S/C16H19N3O/c1-2-19(15-8-10-18-11-9-15)16(20)7-6-13-4-3-5-14(17)12-13/h3-5,8-12H,2,6-7,17H2,1H3. The molecule has 0 saturated heterocycles. The molecule has 0 aliphatic carbocycles. The highest BCUT2D eigenvalue weighted by atomic mass is 16.2. The van der Waals surface area contributed by atoms with Crippen molar-refractivity contribution in [2.45, 2.75) is 19.8 Å². The molecule has 0 aliphatic heterocycles. The number of benzene rings is 1.